The highest BCUT2D eigenvalue weighted by Gasteiger charge is 2.34. The summed E-state index contributed by atoms with van der Waals surface area (Å²) >= 11 is 6.37. The minimum absolute atomic E-state index is 0.122. The molecular weight excluding hydrogens is 486 g/mol. The van der Waals surface area contributed by atoms with Crippen molar-refractivity contribution in [3.63, 3.8) is 0 Å². The molecule has 3 aromatic rings. The van der Waals surface area contributed by atoms with Gasteiger partial charge in [-0.3, -0.25) is 19.2 Å². The normalized spacial score (nSPS) is 15.7. The fraction of sp³-hybridized carbons (Fsp3) is 0.241. The monoisotopic (exact) mass is 511 g/mol. The van der Waals surface area contributed by atoms with Gasteiger partial charge in [-0.05, 0) is 43.5 Å². The molecule has 8 heteroatoms. The molecule has 186 valence electrons. The van der Waals surface area contributed by atoms with Gasteiger partial charge in [-0.2, -0.15) is 5.10 Å². The molecule has 0 radical (unpaired) electrons. The Balaban J connectivity index is 1.29. The molecule has 0 atom stereocenters. The van der Waals surface area contributed by atoms with Crippen LogP contribution in [0, 0.1) is 30.1 Å². The van der Waals surface area contributed by atoms with E-state index >= 15 is 0 Å². The van der Waals surface area contributed by atoms with Crippen molar-refractivity contribution in [3.05, 3.63) is 101 Å². The van der Waals surface area contributed by atoms with E-state index in [9.17, 15) is 9.59 Å². The highest BCUT2D eigenvalue weighted by molar-refractivity contribution is 6.34. The minimum atomic E-state index is -0.446. The number of hydrogen-bond acceptors (Lipinski definition) is 4. The smallest absolute Gasteiger partial charge is 0.276 e. The summed E-state index contributed by atoms with van der Waals surface area (Å²) in [6, 6.07) is 11.6. The lowest BCUT2D eigenvalue weighted by Crippen LogP contribution is -2.30. The Morgan fingerprint density at radius 1 is 1.11 bits per heavy atom. The van der Waals surface area contributed by atoms with E-state index in [4.69, 9.17) is 11.6 Å². The standard InChI is InChI=1S/C29H26ClN5O2/c1-20-16-22(9-8-21-6-4-3-5-7-21)17-31-26(20)33-27(36)25-24(30)18-32-35(25)19-29(2)12-14-34(15-13-29)28(37)23-10-11-23/h3-7,12-18,23H,10-11,19H2,1-2H3,(H,31,33,36). The Morgan fingerprint density at radius 3 is 2.49 bits per heavy atom. The lowest BCUT2D eigenvalue weighted by molar-refractivity contribution is -0.127. The molecule has 1 aliphatic carbocycles. The largest absolute Gasteiger partial charge is 0.305 e. The second-order valence-electron chi connectivity index (χ2n) is 9.62. The molecule has 0 spiro atoms. The van der Waals surface area contributed by atoms with Crippen LogP contribution in [-0.4, -0.2) is 31.5 Å². The van der Waals surface area contributed by atoms with E-state index in [1.807, 2.05) is 62.4 Å². The predicted molar refractivity (Wildman–Crippen MR) is 143 cm³/mol. The van der Waals surface area contributed by atoms with E-state index in [0.29, 0.717) is 12.4 Å². The van der Waals surface area contributed by atoms with Crippen LogP contribution in [0.3, 0.4) is 0 Å². The Labute approximate surface area is 220 Å². The summed E-state index contributed by atoms with van der Waals surface area (Å²) in [7, 11) is 0. The first-order chi connectivity index (χ1) is 17.8. The zero-order chi connectivity index (χ0) is 26.0. The Hall–Kier alpha value is -4.15. The third kappa shape index (κ3) is 5.65. The molecule has 1 saturated carbocycles. The highest BCUT2D eigenvalue weighted by Crippen LogP contribution is 2.34. The first-order valence-corrected chi connectivity index (χ1v) is 12.5. The predicted octanol–water partition coefficient (Wildman–Crippen LogP) is 5.18. The van der Waals surface area contributed by atoms with Gasteiger partial charge in [0.15, 0.2) is 0 Å². The fourth-order valence-electron chi connectivity index (χ4n) is 4.04. The van der Waals surface area contributed by atoms with Crippen molar-refractivity contribution in [1.29, 1.82) is 0 Å². The quantitative estimate of drug-likeness (QED) is 0.479. The maximum atomic E-state index is 13.2. The number of benzene rings is 1. The number of nitrogens with one attached hydrogen (secondary N) is 1. The topological polar surface area (TPSA) is 80.1 Å². The molecular formula is C29H26ClN5O2. The maximum absolute atomic E-state index is 13.2. The molecule has 37 heavy (non-hydrogen) atoms. The average molecular weight is 512 g/mol. The van der Waals surface area contributed by atoms with E-state index in [2.05, 4.69) is 27.2 Å². The van der Waals surface area contributed by atoms with Crippen LogP contribution in [0.4, 0.5) is 5.82 Å². The number of halogens is 1. The van der Waals surface area contributed by atoms with Crippen LogP contribution in [0.2, 0.25) is 5.02 Å². The summed E-state index contributed by atoms with van der Waals surface area (Å²) < 4.78 is 1.58. The molecule has 0 saturated heterocycles. The van der Waals surface area contributed by atoms with Gasteiger partial charge < -0.3 is 5.32 Å². The van der Waals surface area contributed by atoms with E-state index in [-0.39, 0.29) is 22.5 Å². The van der Waals surface area contributed by atoms with E-state index in [1.54, 1.807) is 28.2 Å². The number of amides is 2. The van der Waals surface area contributed by atoms with Crippen LogP contribution in [0.1, 0.15) is 46.9 Å². The molecule has 5 rings (SSSR count). The van der Waals surface area contributed by atoms with Crippen molar-refractivity contribution >= 4 is 29.2 Å². The molecule has 1 N–H and O–H groups in total. The van der Waals surface area contributed by atoms with Gasteiger partial charge in [-0.25, -0.2) is 4.98 Å². The third-order valence-electron chi connectivity index (χ3n) is 6.35. The molecule has 2 aromatic heterocycles. The molecule has 0 unspecified atom stereocenters. The van der Waals surface area contributed by atoms with Crippen LogP contribution in [-0.2, 0) is 11.3 Å². The minimum Gasteiger partial charge on any atom is -0.305 e. The summed E-state index contributed by atoms with van der Waals surface area (Å²) in [6.45, 7) is 4.25. The van der Waals surface area contributed by atoms with Crippen LogP contribution < -0.4 is 5.32 Å². The second-order valence-corrected chi connectivity index (χ2v) is 10.0. The maximum Gasteiger partial charge on any atom is 0.276 e. The van der Waals surface area contributed by atoms with Crippen LogP contribution in [0.15, 0.2) is 73.3 Å². The van der Waals surface area contributed by atoms with Crippen LogP contribution in [0.5, 0.6) is 0 Å². The zero-order valence-electron chi connectivity index (χ0n) is 20.6. The lowest BCUT2D eigenvalue weighted by atomic mass is 9.89. The van der Waals surface area contributed by atoms with E-state index in [0.717, 1.165) is 29.5 Å². The molecule has 1 aliphatic heterocycles. The number of aryl methyl sites for hydroxylation is 1. The van der Waals surface area contributed by atoms with Gasteiger partial charge in [-0.15, -0.1) is 0 Å². The number of aromatic nitrogens is 3. The van der Waals surface area contributed by atoms with Crippen molar-refractivity contribution in [2.24, 2.45) is 11.3 Å². The van der Waals surface area contributed by atoms with Crippen molar-refractivity contribution in [2.75, 3.05) is 5.32 Å². The molecule has 3 heterocycles. The summed E-state index contributed by atoms with van der Waals surface area (Å²) in [5.74, 6) is 6.49. The number of carbonyl (C=O) groups excluding carboxylic acids is 2. The number of anilines is 1. The fourth-order valence-corrected chi connectivity index (χ4v) is 4.26. The zero-order valence-corrected chi connectivity index (χ0v) is 21.4. The van der Waals surface area contributed by atoms with Gasteiger partial charge in [0, 0.05) is 41.1 Å². The number of allylic oxidation sites excluding steroid dienone is 2. The van der Waals surface area contributed by atoms with Gasteiger partial charge in [0.1, 0.15) is 11.5 Å². The van der Waals surface area contributed by atoms with Gasteiger partial charge in [0.25, 0.3) is 5.91 Å². The summed E-state index contributed by atoms with van der Waals surface area (Å²) in [6.07, 6.45) is 12.5. The van der Waals surface area contributed by atoms with Gasteiger partial charge in [0.2, 0.25) is 5.91 Å². The number of carbonyl (C=O) groups is 2. The average Bonchev–Trinajstić information content (AvgIpc) is 3.68. The Kier molecular flexibility index (Phi) is 6.68. The Bertz CT molecular complexity index is 1460. The van der Waals surface area contributed by atoms with E-state index in [1.165, 1.54) is 6.20 Å². The third-order valence-corrected chi connectivity index (χ3v) is 6.62. The van der Waals surface area contributed by atoms with Gasteiger partial charge in [0.05, 0.1) is 17.8 Å². The first kappa shape index (κ1) is 24.5. The Morgan fingerprint density at radius 2 is 1.81 bits per heavy atom. The van der Waals surface area contributed by atoms with Crippen molar-refractivity contribution < 1.29 is 9.59 Å². The number of pyridine rings is 1. The first-order valence-electron chi connectivity index (χ1n) is 12.1. The highest BCUT2D eigenvalue weighted by atomic mass is 35.5. The molecule has 7 nitrogen and oxygen atoms in total. The van der Waals surface area contributed by atoms with Crippen molar-refractivity contribution in [3.8, 4) is 11.8 Å². The van der Waals surface area contributed by atoms with E-state index < -0.39 is 11.3 Å². The van der Waals surface area contributed by atoms with Gasteiger partial charge >= 0.3 is 0 Å². The molecule has 2 amide bonds. The number of hydrogen-bond donors (Lipinski definition) is 1. The van der Waals surface area contributed by atoms with Crippen LogP contribution >= 0.6 is 11.6 Å². The van der Waals surface area contributed by atoms with Gasteiger partial charge in [-0.1, -0.05) is 60.7 Å². The number of rotatable bonds is 5. The molecule has 1 aromatic carbocycles. The summed E-state index contributed by atoms with van der Waals surface area (Å²) in [5.41, 5.74) is 2.24. The summed E-state index contributed by atoms with van der Waals surface area (Å²) in [5, 5.41) is 7.44. The second kappa shape index (κ2) is 10.1. The summed E-state index contributed by atoms with van der Waals surface area (Å²) in [4.78, 5) is 31.6. The van der Waals surface area contributed by atoms with Crippen molar-refractivity contribution in [2.45, 2.75) is 33.2 Å². The molecule has 1 fully saturated rings. The van der Waals surface area contributed by atoms with Crippen molar-refractivity contribution in [1.82, 2.24) is 19.7 Å². The SMILES string of the molecule is Cc1cc(C#Cc2ccccc2)cnc1NC(=O)c1c(Cl)cnn1CC1(C)C=CN(C(=O)C2CC2)C=C1. The van der Waals surface area contributed by atoms with Crippen LogP contribution in [0.25, 0.3) is 0 Å². The molecule has 0 bridgehead atoms. The molecule has 2 aliphatic rings. The lowest BCUT2D eigenvalue weighted by Gasteiger charge is -2.28. The number of nitrogens with zero attached hydrogens (tertiary/aromatic N) is 4.